The summed E-state index contributed by atoms with van der Waals surface area (Å²) >= 11 is 0. The standard InChI is InChI=1S/C18H20O5/c1-10-16-14(8-11(23-10)9-15(19)20)17(21-2)12-6-4-5-7-13(12)18(16)22-3/h4-7,10-11H,8-9H2,1-3H3,(H,19,20)/t10-,11-/m1/s1. The van der Waals surface area contributed by atoms with Gasteiger partial charge in [-0.1, -0.05) is 24.3 Å². The zero-order chi connectivity index (χ0) is 16.6. The highest BCUT2D eigenvalue weighted by molar-refractivity contribution is 5.96. The van der Waals surface area contributed by atoms with Crippen molar-refractivity contribution in [3.8, 4) is 11.5 Å². The molecule has 0 aromatic heterocycles. The summed E-state index contributed by atoms with van der Waals surface area (Å²) in [5.41, 5.74) is 1.93. The van der Waals surface area contributed by atoms with Gasteiger partial charge in [0.25, 0.3) is 0 Å². The number of carbonyl (C=O) groups is 1. The lowest BCUT2D eigenvalue weighted by Gasteiger charge is -2.33. The summed E-state index contributed by atoms with van der Waals surface area (Å²) in [4.78, 5) is 11.0. The van der Waals surface area contributed by atoms with Crippen molar-refractivity contribution >= 4 is 16.7 Å². The quantitative estimate of drug-likeness (QED) is 0.937. The first kappa shape index (κ1) is 15.6. The normalized spacial score (nSPS) is 20.1. The van der Waals surface area contributed by atoms with Gasteiger partial charge in [-0.3, -0.25) is 4.79 Å². The first-order valence-corrected chi connectivity index (χ1v) is 7.59. The molecule has 0 radical (unpaired) electrons. The second-order valence-corrected chi connectivity index (χ2v) is 5.71. The van der Waals surface area contributed by atoms with Crippen molar-refractivity contribution in [1.29, 1.82) is 0 Å². The molecule has 5 heteroatoms. The summed E-state index contributed by atoms with van der Waals surface area (Å²) in [6, 6.07) is 7.89. The van der Waals surface area contributed by atoms with Gasteiger partial charge >= 0.3 is 5.97 Å². The summed E-state index contributed by atoms with van der Waals surface area (Å²) in [6.07, 6.45) is -0.148. The zero-order valence-electron chi connectivity index (χ0n) is 13.5. The number of hydrogen-bond donors (Lipinski definition) is 1. The van der Waals surface area contributed by atoms with Gasteiger partial charge < -0.3 is 19.3 Å². The predicted molar refractivity (Wildman–Crippen MR) is 86.3 cm³/mol. The highest BCUT2D eigenvalue weighted by atomic mass is 16.5. The Bertz CT molecular complexity index is 753. The van der Waals surface area contributed by atoms with E-state index >= 15 is 0 Å². The smallest absolute Gasteiger partial charge is 0.305 e. The third kappa shape index (κ3) is 2.61. The summed E-state index contributed by atoms with van der Waals surface area (Å²) in [6.45, 7) is 1.92. The van der Waals surface area contributed by atoms with E-state index in [1.807, 2.05) is 31.2 Å². The van der Waals surface area contributed by atoms with Gasteiger partial charge in [0.2, 0.25) is 0 Å². The molecule has 1 heterocycles. The summed E-state index contributed by atoms with van der Waals surface area (Å²) < 4.78 is 17.2. The summed E-state index contributed by atoms with van der Waals surface area (Å²) in [5, 5.41) is 11.0. The van der Waals surface area contributed by atoms with Gasteiger partial charge in [0, 0.05) is 28.3 Å². The minimum atomic E-state index is -0.864. The average molecular weight is 316 g/mol. The molecule has 0 aliphatic carbocycles. The molecule has 1 aliphatic heterocycles. The Hall–Kier alpha value is -2.27. The topological polar surface area (TPSA) is 65.0 Å². The van der Waals surface area contributed by atoms with Crippen molar-refractivity contribution in [2.45, 2.75) is 32.0 Å². The van der Waals surface area contributed by atoms with Crippen LogP contribution in [0.25, 0.3) is 10.8 Å². The van der Waals surface area contributed by atoms with E-state index in [0.29, 0.717) is 6.42 Å². The Morgan fingerprint density at radius 2 is 1.83 bits per heavy atom. The van der Waals surface area contributed by atoms with E-state index in [1.165, 1.54) is 0 Å². The van der Waals surface area contributed by atoms with Crippen molar-refractivity contribution in [3.05, 3.63) is 35.4 Å². The highest BCUT2D eigenvalue weighted by Gasteiger charge is 2.33. The van der Waals surface area contributed by atoms with Crippen molar-refractivity contribution < 1.29 is 24.1 Å². The fraction of sp³-hybridized carbons (Fsp3) is 0.389. The highest BCUT2D eigenvalue weighted by Crippen LogP contribution is 2.47. The Labute approximate surface area is 134 Å². The molecule has 0 saturated heterocycles. The molecule has 2 aromatic rings. The molecule has 5 nitrogen and oxygen atoms in total. The van der Waals surface area contributed by atoms with Crippen molar-refractivity contribution in [2.24, 2.45) is 0 Å². The molecule has 122 valence electrons. The number of ether oxygens (including phenoxy) is 3. The molecule has 0 amide bonds. The van der Waals surface area contributed by atoms with Gasteiger partial charge in [0.1, 0.15) is 11.5 Å². The maximum absolute atomic E-state index is 11.0. The monoisotopic (exact) mass is 316 g/mol. The first-order chi connectivity index (χ1) is 11.1. The Balaban J connectivity index is 2.25. The molecule has 0 saturated carbocycles. The van der Waals surface area contributed by atoms with Crippen LogP contribution in [0.3, 0.4) is 0 Å². The van der Waals surface area contributed by atoms with Crippen LogP contribution in [0.5, 0.6) is 11.5 Å². The van der Waals surface area contributed by atoms with Gasteiger partial charge in [-0.05, 0) is 6.92 Å². The largest absolute Gasteiger partial charge is 0.496 e. The number of hydrogen-bond acceptors (Lipinski definition) is 4. The second kappa shape index (κ2) is 6.08. The average Bonchev–Trinajstić information content (AvgIpc) is 2.52. The van der Waals surface area contributed by atoms with Crippen LogP contribution >= 0.6 is 0 Å². The van der Waals surface area contributed by atoms with Crippen LogP contribution in [0.4, 0.5) is 0 Å². The summed E-state index contributed by atoms with van der Waals surface area (Å²) in [5.74, 6) is 0.692. The number of aliphatic carboxylic acids is 1. The van der Waals surface area contributed by atoms with Gasteiger partial charge in [-0.25, -0.2) is 0 Å². The van der Waals surface area contributed by atoms with Gasteiger partial charge in [0.15, 0.2) is 0 Å². The molecule has 1 N–H and O–H groups in total. The predicted octanol–water partition coefficient (Wildman–Crippen LogP) is 3.33. The molecule has 0 unspecified atom stereocenters. The maximum Gasteiger partial charge on any atom is 0.305 e. The molecule has 3 rings (SSSR count). The zero-order valence-corrected chi connectivity index (χ0v) is 13.5. The van der Waals surface area contributed by atoms with Crippen molar-refractivity contribution in [1.82, 2.24) is 0 Å². The van der Waals surface area contributed by atoms with Gasteiger partial charge in [-0.2, -0.15) is 0 Å². The number of methoxy groups -OCH3 is 2. The van der Waals surface area contributed by atoms with Crippen molar-refractivity contribution in [3.63, 3.8) is 0 Å². The third-order valence-corrected chi connectivity index (χ3v) is 4.31. The molecule has 2 aromatic carbocycles. The molecule has 23 heavy (non-hydrogen) atoms. The van der Waals surface area contributed by atoms with E-state index < -0.39 is 5.97 Å². The number of benzene rings is 2. The van der Waals surface area contributed by atoms with Crippen LogP contribution < -0.4 is 9.47 Å². The van der Waals surface area contributed by atoms with Crippen LogP contribution in [-0.4, -0.2) is 31.4 Å². The first-order valence-electron chi connectivity index (χ1n) is 7.59. The molecular weight excluding hydrogens is 296 g/mol. The summed E-state index contributed by atoms with van der Waals surface area (Å²) in [7, 11) is 3.28. The lowest BCUT2D eigenvalue weighted by atomic mass is 9.88. The molecule has 2 atom stereocenters. The number of carboxylic acids is 1. The minimum absolute atomic E-state index is 0.0257. The van der Waals surface area contributed by atoms with Crippen LogP contribution in [0.15, 0.2) is 24.3 Å². The van der Waals surface area contributed by atoms with Crippen LogP contribution in [0, 0.1) is 0 Å². The number of fused-ring (bicyclic) bond motifs is 2. The Morgan fingerprint density at radius 1 is 1.22 bits per heavy atom. The Morgan fingerprint density at radius 3 is 2.39 bits per heavy atom. The van der Waals surface area contributed by atoms with Crippen LogP contribution in [-0.2, 0) is 16.0 Å². The third-order valence-electron chi connectivity index (χ3n) is 4.31. The second-order valence-electron chi connectivity index (χ2n) is 5.71. The molecule has 0 spiro atoms. The van der Waals surface area contributed by atoms with E-state index in [4.69, 9.17) is 19.3 Å². The van der Waals surface area contributed by atoms with Crippen molar-refractivity contribution in [2.75, 3.05) is 14.2 Å². The van der Waals surface area contributed by atoms with E-state index in [9.17, 15) is 4.79 Å². The van der Waals surface area contributed by atoms with Gasteiger partial charge in [-0.15, -0.1) is 0 Å². The number of carboxylic acid groups (broad SMARTS) is 1. The van der Waals surface area contributed by atoms with E-state index in [-0.39, 0.29) is 18.6 Å². The van der Waals surface area contributed by atoms with E-state index in [0.717, 1.165) is 33.4 Å². The molecule has 0 bridgehead atoms. The SMILES string of the molecule is COc1c2c(c(OC)c3ccccc13)[C@@H](C)O[C@@H](CC(=O)O)C2. The van der Waals surface area contributed by atoms with E-state index in [1.54, 1.807) is 14.2 Å². The molecule has 1 aliphatic rings. The molecule has 0 fully saturated rings. The lowest BCUT2D eigenvalue weighted by molar-refractivity contribution is -0.141. The van der Waals surface area contributed by atoms with Crippen LogP contribution in [0.1, 0.15) is 30.6 Å². The lowest BCUT2D eigenvalue weighted by Crippen LogP contribution is -2.28. The fourth-order valence-electron chi connectivity index (χ4n) is 3.48. The van der Waals surface area contributed by atoms with Crippen LogP contribution in [0.2, 0.25) is 0 Å². The van der Waals surface area contributed by atoms with E-state index in [2.05, 4.69) is 0 Å². The number of rotatable bonds is 4. The van der Waals surface area contributed by atoms with Gasteiger partial charge in [0.05, 0.1) is 32.8 Å². The Kier molecular flexibility index (Phi) is 4.13. The minimum Gasteiger partial charge on any atom is -0.496 e. The fourth-order valence-corrected chi connectivity index (χ4v) is 3.48. The molecular formula is C18H20O5. The maximum atomic E-state index is 11.0.